The number of carbonyl (C=O) groups is 1. The Kier molecular flexibility index (Phi) is 4.63. The Hall–Kier alpha value is -2.27. The number of amides is 1. The lowest BCUT2D eigenvalue weighted by Gasteiger charge is -2.49. The molecule has 1 saturated carbocycles. The minimum absolute atomic E-state index is 0.262. The summed E-state index contributed by atoms with van der Waals surface area (Å²) < 4.78 is 0. The van der Waals surface area contributed by atoms with Crippen LogP contribution in [0, 0.1) is 18.8 Å². The number of hydrogen-bond donors (Lipinski definition) is 1. The fraction of sp³-hybridized carbons (Fsp3) is 0.522. The third-order valence-corrected chi connectivity index (χ3v) is 6.65. The van der Waals surface area contributed by atoms with Gasteiger partial charge in [-0.05, 0) is 51.1 Å². The quantitative estimate of drug-likeness (QED) is 0.871. The molecule has 4 heterocycles. The maximum absolute atomic E-state index is 12.0. The first-order valence-electron chi connectivity index (χ1n) is 10.6. The number of aromatic nitrogens is 2. The van der Waals surface area contributed by atoms with Crippen LogP contribution in [0.3, 0.4) is 0 Å². The largest absolute Gasteiger partial charge is 0.354 e. The Labute approximate surface area is 166 Å². The van der Waals surface area contributed by atoms with Crippen LogP contribution in [-0.2, 0) is 4.79 Å². The Morgan fingerprint density at radius 3 is 2.71 bits per heavy atom. The normalized spacial score (nSPS) is 28.9. The summed E-state index contributed by atoms with van der Waals surface area (Å²) in [5.74, 6) is 2.52. The van der Waals surface area contributed by atoms with E-state index < -0.39 is 0 Å². The topological polar surface area (TPSA) is 58.1 Å². The van der Waals surface area contributed by atoms with Crippen LogP contribution in [0.25, 0.3) is 11.3 Å². The number of rotatable bonds is 5. The average molecular weight is 377 g/mol. The molecule has 1 N–H and O–H groups in total. The zero-order valence-electron chi connectivity index (χ0n) is 16.5. The van der Waals surface area contributed by atoms with Crippen molar-refractivity contribution in [3.8, 4) is 11.3 Å². The number of benzene rings is 1. The molecule has 1 aromatic carbocycles. The lowest BCUT2D eigenvalue weighted by molar-refractivity contribution is -0.122. The van der Waals surface area contributed by atoms with Gasteiger partial charge in [-0.2, -0.15) is 0 Å². The average Bonchev–Trinajstić information content (AvgIpc) is 3.58. The van der Waals surface area contributed by atoms with E-state index in [9.17, 15) is 4.79 Å². The van der Waals surface area contributed by atoms with Gasteiger partial charge in [0.25, 0.3) is 0 Å². The molecular weight excluding hydrogens is 348 g/mol. The lowest BCUT2D eigenvalue weighted by Crippen LogP contribution is -2.56. The minimum atomic E-state index is 0.262. The molecule has 1 aliphatic carbocycles. The van der Waals surface area contributed by atoms with E-state index in [1.165, 1.54) is 12.1 Å². The molecule has 146 valence electrons. The van der Waals surface area contributed by atoms with Crippen molar-refractivity contribution in [2.24, 2.45) is 11.8 Å². The Bertz CT molecular complexity index is 864. The van der Waals surface area contributed by atoms with Gasteiger partial charge in [0.05, 0.1) is 5.69 Å². The zero-order valence-corrected chi connectivity index (χ0v) is 16.5. The van der Waals surface area contributed by atoms with Crippen LogP contribution >= 0.6 is 0 Å². The second-order valence-corrected chi connectivity index (χ2v) is 8.65. The van der Waals surface area contributed by atoms with Gasteiger partial charge in [-0.3, -0.25) is 9.69 Å². The van der Waals surface area contributed by atoms with Crippen LogP contribution in [0.5, 0.6) is 0 Å². The van der Waals surface area contributed by atoms with Gasteiger partial charge < -0.3 is 5.32 Å². The van der Waals surface area contributed by atoms with Crippen LogP contribution in [0.1, 0.15) is 43.1 Å². The first kappa shape index (κ1) is 17.8. The fourth-order valence-electron chi connectivity index (χ4n) is 4.93. The molecule has 4 atom stereocenters. The van der Waals surface area contributed by atoms with E-state index >= 15 is 0 Å². The highest BCUT2D eigenvalue weighted by Gasteiger charge is 2.42. The maximum atomic E-state index is 12.0. The van der Waals surface area contributed by atoms with Crippen molar-refractivity contribution in [2.75, 3.05) is 19.6 Å². The summed E-state index contributed by atoms with van der Waals surface area (Å²) in [6, 6.07) is 13.0. The van der Waals surface area contributed by atoms with Crippen LogP contribution < -0.4 is 5.32 Å². The van der Waals surface area contributed by atoms with Crippen molar-refractivity contribution in [2.45, 2.75) is 44.6 Å². The smallest absolute Gasteiger partial charge is 0.223 e. The van der Waals surface area contributed by atoms with Gasteiger partial charge in [-0.15, -0.1) is 0 Å². The molecule has 0 spiro atoms. The summed E-state index contributed by atoms with van der Waals surface area (Å²) in [4.78, 5) is 24.1. The SMILES string of the molecule is Cc1nc(-c2ccccc2)cc(C2CN3CCC2CC3CNC(=O)C2CC2)n1. The van der Waals surface area contributed by atoms with Crippen LogP contribution in [0.2, 0.25) is 0 Å². The zero-order chi connectivity index (χ0) is 19.1. The molecule has 4 aliphatic rings. The molecule has 0 radical (unpaired) electrons. The summed E-state index contributed by atoms with van der Waals surface area (Å²) in [7, 11) is 0. The standard InChI is InChI=1S/C23H28N4O/c1-15-25-21(16-5-3-2-4-6-16)12-22(26-15)20-14-27-10-9-18(20)11-19(27)13-24-23(28)17-7-8-17/h2-6,12,17-20H,7-11,13-14H2,1H3,(H,24,28). The third-order valence-electron chi connectivity index (χ3n) is 6.65. The van der Waals surface area contributed by atoms with Gasteiger partial charge in [-0.25, -0.2) is 9.97 Å². The number of aryl methyl sites for hydroxylation is 1. The molecule has 4 fully saturated rings. The Morgan fingerprint density at radius 2 is 2.00 bits per heavy atom. The van der Waals surface area contributed by atoms with Crippen molar-refractivity contribution in [1.82, 2.24) is 20.2 Å². The molecule has 1 amide bonds. The van der Waals surface area contributed by atoms with Crippen LogP contribution in [0.15, 0.2) is 36.4 Å². The van der Waals surface area contributed by atoms with E-state index in [-0.39, 0.29) is 5.91 Å². The molecule has 28 heavy (non-hydrogen) atoms. The number of piperidine rings is 3. The molecule has 1 aromatic heterocycles. The summed E-state index contributed by atoms with van der Waals surface area (Å²) in [5.41, 5.74) is 3.35. The van der Waals surface area contributed by atoms with E-state index in [1.54, 1.807) is 0 Å². The molecular formula is C23H28N4O. The molecule has 5 heteroatoms. The number of hydrogen-bond acceptors (Lipinski definition) is 4. The molecule has 3 aliphatic heterocycles. The van der Waals surface area contributed by atoms with Crippen LogP contribution in [-0.4, -0.2) is 46.5 Å². The third kappa shape index (κ3) is 3.55. The first-order chi connectivity index (χ1) is 13.7. The van der Waals surface area contributed by atoms with Gasteiger partial charge in [0, 0.05) is 42.2 Å². The highest BCUT2D eigenvalue weighted by atomic mass is 16.2. The highest BCUT2D eigenvalue weighted by Crippen LogP contribution is 2.41. The van der Waals surface area contributed by atoms with Gasteiger partial charge in [0.1, 0.15) is 5.82 Å². The number of fused-ring (bicyclic) bond motifs is 3. The molecule has 5 nitrogen and oxygen atoms in total. The summed E-state index contributed by atoms with van der Waals surface area (Å²) in [6.07, 6.45) is 4.52. The lowest BCUT2D eigenvalue weighted by atomic mass is 9.74. The number of nitrogens with one attached hydrogen (secondary N) is 1. The van der Waals surface area contributed by atoms with Gasteiger partial charge >= 0.3 is 0 Å². The van der Waals surface area contributed by atoms with Gasteiger partial charge in [0.2, 0.25) is 5.91 Å². The maximum Gasteiger partial charge on any atom is 0.223 e. The Morgan fingerprint density at radius 1 is 1.18 bits per heavy atom. The Balaban J connectivity index is 1.31. The van der Waals surface area contributed by atoms with E-state index in [4.69, 9.17) is 4.98 Å². The predicted molar refractivity (Wildman–Crippen MR) is 109 cm³/mol. The van der Waals surface area contributed by atoms with E-state index in [0.29, 0.717) is 23.8 Å². The van der Waals surface area contributed by atoms with Crippen LogP contribution in [0.4, 0.5) is 0 Å². The van der Waals surface area contributed by atoms with Crippen molar-refractivity contribution in [3.05, 3.63) is 47.9 Å². The summed E-state index contributed by atoms with van der Waals surface area (Å²) in [5, 5.41) is 3.19. The van der Waals surface area contributed by atoms with Crippen molar-refractivity contribution < 1.29 is 4.79 Å². The first-order valence-corrected chi connectivity index (χ1v) is 10.6. The van der Waals surface area contributed by atoms with Gasteiger partial charge in [-0.1, -0.05) is 30.3 Å². The minimum Gasteiger partial charge on any atom is -0.354 e. The molecule has 2 aromatic rings. The predicted octanol–water partition coefficient (Wildman–Crippen LogP) is 3.16. The molecule has 3 saturated heterocycles. The van der Waals surface area contributed by atoms with Crippen molar-refractivity contribution >= 4 is 5.91 Å². The molecule has 6 rings (SSSR count). The second-order valence-electron chi connectivity index (χ2n) is 8.65. The fourth-order valence-corrected chi connectivity index (χ4v) is 4.93. The summed E-state index contributed by atoms with van der Waals surface area (Å²) >= 11 is 0. The van der Waals surface area contributed by atoms with E-state index in [0.717, 1.165) is 56.0 Å². The van der Waals surface area contributed by atoms with Crippen molar-refractivity contribution in [1.29, 1.82) is 0 Å². The van der Waals surface area contributed by atoms with Crippen molar-refractivity contribution in [3.63, 3.8) is 0 Å². The molecule has 2 bridgehead atoms. The highest BCUT2D eigenvalue weighted by molar-refractivity contribution is 5.80. The second kappa shape index (κ2) is 7.28. The van der Waals surface area contributed by atoms with Gasteiger partial charge in [0.15, 0.2) is 0 Å². The number of carbonyl (C=O) groups excluding carboxylic acids is 1. The number of nitrogens with zero attached hydrogens (tertiary/aromatic N) is 3. The van der Waals surface area contributed by atoms with E-state index in [2.05, 4.69) is 45.5 Å². The molecule has 4 unspecified atom stereocenters. The monoisotopic (exact) mass is 376 g/mol. The van der Waals surface area contributed by atoms with E-state index in [1.807, 2.05) is 13.0 Å². The summed E-state index contributed by atoms with van der Waals surface area (Å²) in [6.45, 7) is 4.98.